The van der Waals surface area contributed by atoms with Gasteiger partial charge in [-0.2, -0.15) is 5.10 Å². The maximum Gasteiger partial charge on any atom is 0.224 e. The van der Waals surface area contributed by atoms with Gasteiger partial charge in [-0.05, 0) is 17.9 Å². The number of hydrogen-bond donors (Lipinski definition) is 1. The third-order valence-electron chi connectivity index (χ3n) is 4.31. The third kappa shape index (κ3) is 2.95. The van der Waals surface area contributed by atoms with Crippen molar-refractivity contribution in [3.8, 4) is 11.3 Å². The maximum atomic E-state index is 12.2. The van der Waals surface area contributed by atoms with Gasteiger partial charge in [-0.25, -0.2) is 4.98 Å². The van der Waals surface area contributed by atoms with E-state index < -0.39 is 0 Å². The van der Waals surface area contributed by atoms with Gasteiger partial charge in [0.1, 0.15) is 0 Å². The van der Waals surface area contributed by atoms with E-state index in [0.717, 1.165) is 17.5 Å². The van der Waals surface area contributed by atoms with Crippen molar-refractivity contribution in [2.75, 3.05) is 0 Å². The first-order valence-electron chi connectivity index (χ1n) is 7.97. The predicted octanol–water partition coefficient (Wildman–Crippen LogP) is 2.50. The Balaban J connectivity index is 1.33. The summed E-state index contributed by atoms with van der Waals surface area (Å²) in [5.41, 5.74) is 2.10. The Morgan fingerprint density at radius 1 is 1.33 bits per heavy atom. The lowest BCUT2D eigenvalue weighted by atomic mass is 10.2. The van der Waals surface area contributed by atoms with Gasteiger partial charge in [0, 0.05) is 24.7 Å². The lowest BCUT2D eigenvalue weighted by Gasteiger charge is -2.01. The zero-order chi connectivity index (χ0) is 16.5. The van der Waals surface area contributed by atoms with Crippen LogP contribution in [0.2, 0.25) is 0 Å². The lowest BCUT2D eigenvalue weighted by Crippen LogP contribution is -2.25. The van der Waals surface area contributed by atoms with E-state index in [2.05, 4.69) is 15.4 Å². The molecule has 3 aromatic rings. The first kappa shape index (κ1) is 14.7. The van der Waals surface area contributed by atoms with Crippen LogP contribution in [0, 0.1) is 5.92 Å². The molecule has 2 atom stereocenters. The van der Waals surface area contributed by atoms with E-state index in [1.165, 1.54) is 0 Å². The Morgan fingerprint density at radius 2 is 2.17 bits per heavy atom. The number of nitrogens with zero attached hydrogens (tertiary/aromatic N) is 3. The molecule has 0 saturated heterocycles. The van der Waals surface area contributed by atoms with Gasteiger partial charge in [-0.1, -0.05) is 30.3 Å². The Morgan fingerprint density at radius 3 is 2.92 bits per heavy atom. The second kappa shape index (κ2) is 5.96. The van der Waals surface area contributed by atoms with Gasteiger partial charge >= 0.3 is 0 Å². The molecule has 0 aliphatic heterocycles. The highest BCUT2D eigenvalue weighted by atomic mass is 16.4. The molecule has 1 aliphatic carbocycles. The number of aryl methyl sites for hydroxylation is 1. The molecule has 0 bridgehead atoms. The Hall–Kier alpha value is -2.89. The summed E-state index contributed by atoms with van der Waals surface area (Å²) < 4.78 is 7.46. The number of aromatic nitrogens is 3. The molecule has 0 spiro atoms. The molecule has 2 aromatic heterocycles. The summed E-state index contributed by atoms with van der Waals surface area (Å²) in [5.74, 6) is 1.57. The molecule has 122 valence electrons. The molecule has 4 rings (SSSR count). The summed E-state index contributed by atoms with van der Waals surface area (Å²) in [6.45, 7) is 0.307. The summed E-state index contributed by atoms with van der Waals surface area (Å²) in [5, 5.41) is 7.07. The molecule has 1 fully saturated rings. The zero-order valence-electron chi connectivity index (χ0n) is 13.3. The standard InChI is InChI=1S/C18H18N4O2/c1-22-11-13(8-21-22)14-7-15(14)18(23)20-10-17-19-9-16(24-17)12-5-3-2-4-6-12/h2-6,8-9,11,14-15H,7,10H2,1H3,(H,20,23)/t14-,15-/m0/s1. The topological polar surface area (TPSA) is 73.0 Å². The minimum atomic E-state index is 0.0257. The number of benzene rings is 1. The minimum Gasteiger partial charge on any atom is -0.439 e. The average Bonchev–Trinajstić information content (AvgIpc) is 3.05. The van der Waals surface area contributed by atoms with Crippen molar-refractivity contribution in [3.63, 3.8) is 0 Å². The van der Waals surface area contributed by atoms with Crippen LogP contribution in [0.5, 0.6) is 0 Å². The van der Waals surface area contributed by atoms with Crippen LogP contribution in [0.1, 0.15) is 23.8 Å². The second-order valence-corrected chi connectivity index (χ2v) is 6.10. The molecule has 1 amide bonds. The number of nitrogens with one attached hydrogen (secondary N) is 1. The van der Waals surface area contributed by atoms with E-state index in [0.29, 0.717) is 18.2 Å². The molecular formula is C18H18N4O2. The molecule has 1 saturated carbocycles. The van der Waals surface area contributed by atoms with Crippen LogP contribution >= 0.6 is 0 Å². The van der Waals surface area contributed by atoms with Gasteiger partial charge in [-0.15, -0.1) is 0 Å². The predicted molar refractivity (Wildman–Crippen MR) is 87.8 cm³/mol. The van der Waals surface area contributed by atoms with Crippen molar-refractivity contribution in [2.45, 2.75) is 18.9 Å². The SMILES string of the molecule is Cn1cc([C@@H]2C[C@@H]2C(=O)NCc2ncc(-c3ccccc3)o2)cn1. The molecular weight excluding hydrogens is 304 g/mol. The minimum absolute atomic E-state index is 0.0257. The van der Waals surface area contributed by atoms with E-state index in [1.54, 1.807) is 10.9 Å². The van der Waals surface area contributed by atoms with Crippen LogP contribution in [0.15, 0.2) is 53.3 Å². The molecule has 0 unspecified atom stereocenters. The highest BCUT2D eigenvalue weighted by Crippen LogP contribution is 2.47. The molecule has 1 aromatic carbocycles. The molecule has 1 aliphatic rings. The molecule has 6 heteroatoms. The van der Waals surface area contributed by atoms with Gasteiger partial charge in [0.05, 0.1) is 18.9 Å². The van der Waals surface area contributed by atoms with Crippen molar-refractivity contribution in [1.29, 1.82) is 0 Å². The van der Waals surface area contributed by atoms with Crippen molar-refractivity contribution in [3.05, 3.63) is 60.4 Å². The maximum absolute atomic E-state index is 12.2. The summed E-state index contributed by atoms with van der Waals surface area (Å²) in [6.07, 6.45) is 6.36. The van der Waals surface area contributed by atoms with E-state index in [1.807, 2.05) is 49.8 Å². The van der Waals surface area contributed by atoms with Crippen molar-refractivity contribution >= 4 is 5.91 Å². The fourth-order valence-corrected chi connectivity index (χ4v) is 2.91. The molecule has 0 radical (unpaired) electrons. The molecule has 6 nitrogen and oxygen atoms in total. The Kier molecular flexibility index (Phi) is 3.65. The monoisotopic (exact) mass is 322 g/mol. The molecule has 2 heterocycles. The molecule has 1 N–H and O–H groups in total. The summed E-state index contributed by atoms with van der Waals surface area (Å²) in [7, 11) is 1.88. The lowest BCUT2D eigenvalue weighted by molar-refractivity contribution is -0.122. The molecule has 24 heavy (non-hydrogen) atoms. The number of rotatable bonds is 5. The van der Waals surface area contributed by atoms with Gasteiger partial charge in [0.2, 0.25) is 11.8 Å². The number of carbonyl (C=O) groups excluding carboxylic acids is 1. The van der Waals surface area contributed by atoms with Crippen molar-refractivity contribution < 1.29 is 9.21 Å². The Labute approximate surface area is 139 Å². The van der Waals surface area contributed by atoms with Gasteiger partial charge in [0.25, 0.3) is 0 Å². The average molecular weight is 322 g/mol. The summed E-state index contributed by atoms with van der Waals surface area (Å²) in [6, 6.07) is 9.78. The van der Waals surface area contributed by atoms with Crippen LogP contribution in [0.3, 0.4) is 0 Å². The summed E-state index contributed by atoms with van der Waals surface area (Å²) in [4.78, 5) is 16.5. The number of carbonyl (C=O) groups is 1. The number of amides is 1. The van der Waals surface area contributed by atoms with E-state index in [-0.39, 0.29) is 17.7 Å². The first-order chi connectivity index (χ1) is 11.7. The largest absolute Gasteiger partial charge is 0.439 e. The van der Waals surface area contributed by atoms with E-state index in [9.17, 15) is 4.79 Å². The number of hydrogen-bond acceptors (Lipinski definition) is 4. The first-order valence-corrected chi connectivity index (χ1v) is 7.97. The van der Waals surface area contributed by atoms with E-state index in [4.69, 9.17) is 4.42 Å². The Bertz CT molecular complexity index is 853. The fraction of sp³-hybridized carbons (Fsp3) is 0.278. The van der Waals surface area contributed by atoms with Crippen LogP contribution in [0.25, 0.3) is 11.3 Å². The highest BCUT2D eigenvalue weighted by molar-refractivity contribution is 5.82. The van der Waals surface area contributed by atoms with Gasteiger partial charge in [0.15, 0.2) is 5.76 Å². The van der Waals surface area contributed by atoms with Crippen LogP contribution < -0.4 is 5.32 Å². The van der Waals surface area contributed by atoms with Gasteiger partial charge < -0.3 is 9.73 Å². The number of oxazole rings is 1. The summed E-state index contributed by atoms with van der Waals surface area (Å²) >= 11 is 0. The van der Waals surface area contributed by atoms with Crippen LogP contribution in [-0.4, -0.2) is 20.7 Å². The van der Waals surface area contributed by atoms with Gasteiger partial charge in [-0.3, -0.25) is 9.48 Å². The zero-order valence-corrected chi connectivity index (χ0v) is 13.3. The van der Waals surface area contributed by atoms with Crippen molar-refractivity contribution in [1.82, 2.24) is 20.1 Å². The third-order valence-corrected chi connectivity index (χ3v) is 4.31. The smallest absolute Gasteiger partial charge is 0.224 e. The normalized spacial score (nSPS) is 19.2. The van der Waals surface area contributed by atoms with E-state index >= 15 is 0 Å². The fourth-order valence-electron chi connectivity index (χ4n) is 2.91. The highest BCUT2D eigenvalue weighted by Gasteiger charge is 2.44. The van der Waals surface area contributed by atoms with Crippen molar-refractivity contribution in [2.24, 2.45) is 13.0 Å². The van der Waals surface area contributed by atoms with Crippen LogP contribution in [-0.2, 0) is 18.4 Å². The van der Waals surface area contributed by atoms with Crippen LogP contribution in [0.4, 0.5) is 0 Å². The quantitative estimate of drug-likeness (QED) is 0.783. The second-order valence-electron chi connectivity index (χ2n) is 6.10.